The van der Waals surface area contributed by atoms with Gasteiger partial charge in [-0.25, -0.2) is 0 Å². The Morgan fingerprint density at radius 3 is 1.77 bits per heavy atom. The number of rotatable bonds is 0. The van der Waals surface area contributed by atoms with Crippen LogP contribution in [0, 0.1) is 6.92 Å². The van der Waals surface area contributed by atoms with Crippen molar-refractivity contribution in [2.45, 2.75) is 19.8 Å². The van der Waals surface area contributed by atoms with E-state index in [1.165, 1.54) is 18.4 Å². The van der Waals surface area contributed by atoms with Crippen LogP contribution in [0.2, 0.25) is 0 Å². The molecule has 0 atom stereocenters. The average Bonchev–Trinajstić information content (AvgIpc) is 2.62. The van der Waals surface area contributed by atoms with Crippen molar-refractivity contribution in [2.75, 3.05) is 13.2 Å². The van der Waals surface area contributed by atoms with Crippen molar-refractivity contribution < 1.29 is 4.74 Å². The predicted octanol–water partition coefficient (Wildman–Crippen LogP) is 3.21. The normalized spacial score (nSPS) is 13.9. The lowest BCUT2D eigenvalue weighted by atomic mass is 10.2. The Morgan fingerprint density at radius 2 is 1.54 bits per heavy atom. The Kier molecular flexibility index (Phi) is 7.76. The molecule has 2 heteroatoms. The molecule has 0 N–H and O–H groups in total. The Hall–Kier alpha value is -0.530. The molecule has 2 rings (SSSR count). The number of hydrogen-bond acceptors (Lipinski definition) is 1. The van der Waals surface area contributed by atoms with E-state index in [1.54, 1.807) is 0 Å². The van der Waals surface area contributed by atoms with Gasteiger partial charge in [0.2, 0.25) is 0 Å². The number of hydrogen-bond donors (Lipinski definition) is 0. The Balaban J connectivity index is 0.000000215. The molecule has 1 aromatic rings. The van der Waals surface area contributed by atoms with Crippen LogP contribution in [0.5, 0.6) is 0 Å². The maximum absolute atomic E-state index is 4.94. The van der Waals surface area contributed by atoms with Gasteiger partial charge in [0.15, 0.2) is 0 Å². The summed E-state index contributed by atoms with van der Waals surface area (Å²) in [5.41, 5.74) is 1.32. The molecule has 0 spiro atoms. The van der Waals surface area contributed by atoms with E-state index in [-0.39, 0.29) is 12.4 Å². The largest absolute Gasteiger partial charge is 0.381 e. The highest BCUT2D eigenvalue weighted by Crippen LogP contribution is 1.98. The molecule has 0 aromatic heterocycles. The van der Waals surface area contributed by atoms with Crippen molar-refractivity contribution in [2.24, 2.45) is 0 Å². The fourth-order valence-electron chi connectivity index (χ4n) is 1.04. The van der Waals surface area contributed by atoms with Gasteiger partial charge in [0.25, 0.3) is 0 Å². The summed E-state index contributed by atoms with van der Waals surface area (Å²) in [5.74, 6) is 0. The van der Waals surface area contributed by atoms with Crippen LogP contribution >= 0.6 is 12.4 Å². The monoisotopic (exact) mass is 200 g/mol. The second-order valence-corrected chi connectivity index (χ2v) is 2.97. The zero-order valence-corrected chi connectivity index (χ0v) is 8.85. The topological polar surface area (TPSA) is 9.23 Å². The number of benzene rings is 1. The van der Waals surface area contributed by atoms with E-state index in [0.717, 1.165) is 13.2 Å². The van der Waals surface area contributed by atoms with E-state index < -0.39 is 0 Å². The van der Waals surface area contributed by atoms with Gasteiger partial charge in [-0.3, -0.25) is 0 Å². The molecule has 1 heterocycles. The third kappa shape index (κ3) is 6.62. The fraction of sp³-hybridized carbons (Fsp3) is 0.455. The SMILES string of the molecule is C1CCOC1.Cc1ccccc1.Cl. The summed E-state index contributed by atoms with van der Waals surface area (Å²) in [6.07, 6.45) is 2.56. The molecule has 0 unspecified atom stereocenters. The summed E-state index contributed by atoms with van der Waals surface area (Å²) in [7, 11) is 0. The lowest BCUT2D eigenvalue weighted by molar-refractivity contribution is 0.198. The Bertz CT molecular complexity index is 187. The molecule has 1 saturated heterocycles. The van der Waals surface area contributed by atoms with Gasteiger partial charge in [0.1, 0.15) is 0 Å². The second-order valence-electron chi connectivity index (χ2n) is 2.97. The van der Waals surface area contributed by atoms with Gasteiger partial charge in [0.05, 0.1) is 0 Å². The van der Waals surface area contributed by atoms with Crippen LogP contribution in [-0.2, 0) is 4.74 Å². The van der Waals surface area contributed by atoms with Crippen LogP contribution in [0.3, 0.4) is 0 Å². The van der Waals surface area contributed by atoms with Gasteiger partial charge in [-0.2, -0.15) is 0 Å². The summed E-state index contributed by atoms with van der Waals surface area (Å²) in [6.45, 7) is 4.08. The maximum atomic E-state index is 4.94. The van der Waals surface area contributed by atoms with Crippen molar-refractivity contribution in [1.82, 2.24) is 0 Å². The molecule has 0 saturated carbocycles. The first-order valence-corrected chi connectivity index (χ1v) is 4.49. The first-order valence-electron chi connectivity index (χ1n) is 4.49. The molecule has 0 bridgehead atoms. The minimum Gasteiger partial charge on any atom is -0.381 e. The molecule has 1 aromatic carbocycles. The minimum atomic E-state index is 0. The summed E-state index contributed by atoms with van der Waals surface area (Å²) in [5, 5.41) is 0. The predicted molar refractivity (Wildman–Crippen MR) is 58.5 cm³/mol. The summed E-state index contributed by atoms with van der Waals surface area (Å²) in [4.78, 5) is 0. The van der Waals surface area contributed by atoms with Crippen LogP contribution in [-0.4, -0.2) is 13.2 Å². The molecular formula is C11H17ClO. The average molecular weight is 201 g/mol. The van der Waals surface area contributed by atoms with Crippen molar-refractivity contribution in [3.05, 3.63) is 35.9 Å². The summed E-state index contributed by atoms with van der Waals surface area (Å²) in [6, 6.07) is 10.3. The van der Waals surface area contributed by atoms with Crippen molar-refractivity contribution in [3.63, 3.8) is 0 Å². The van der Waals surface area contributed by atoms with E-state index >= 15 is 0 Å². The first kappa shape index (κ1) is 12.5. The lowest BCUT2D eigenvalue weighted by Crippen LogP contribution is -1.74. The third-order valence-electron chi connectivity index (χ3n) is 1.77. The number of aryl methyl sites for hydroxylation is 1. The van der Waals surface area contributed by atoms with E-state index in [1.807, 2.05) is 18.2 Å². The molecule has 0 amide bonds. The highest BCUT2D eigenvalue weighted by atomic mass is 35.5. The molecule has 13 heavy (non-hydrogen) atoms. The van der Waals surface area contributed by atoms with Gasteiger partial charge in [-0.05, 0) is 19.8 Å². The standard InChI is InChI=1S/C7H8.C4H8O.ClH/c1-7-5-3-2-4-6-7;1-2-4-5-3-1;/h2-6H,1H3;1-4H2;1H. The molecule has 0 radical (unpaired) electrons. The highest BCUT2D eigenvalue weighted by Gasteiger charge is 1.94. The summed E-state index contributed by atoms with van der Waals surface area (Å²) >= 11 is 0. The zero-order valence-electron chi connectivity index (χ0n) is 8.03. The van der Waals surface area contributed by atoms with Crippen LogP contribution in [0.4, 0.5) is 0 Å². The smallest absolute Gasteiger partial charge is 0.0466 e. The van der Waals surface area contributed by atoms with Gasteiger partial charge in [-0.15, -0.1) is 12.4 Å². The maximum Gasteiger partial charge on any atom is 0.0466 e. The van der Waals surface area contributed by atoms with E-state index in [9.17, 15) is 0 Å². The van der Waals surface area contributed by atoms with Crippen LogP contribution in [0.1, 0.15) is 18.4 Å². The van der Waals surface area contributed by atoms with Crippen LogP contribution in [0.15, 0.2) is 30.3 Å². The van der Waals surface area contributed by atoms with E-state index in [0.29, 0.717) is 0 Å². The quantitative estimate of drug-likeness (QED) is 0.625. The number of halogens is 1. The van der Waals surface area contributed by atoms with Crippen molar-refractivity contribution in [1.29, 1.82) is 0 Å². The van der Waals surface area contributed by atoms with Gasteiger partial charge >= 0.3 is 0 Å². The molecular weight excluding hydrogens is 184 g/mol. The summed E-state index contributed by atoms with van der Waals surface area (Å²) < 4.78 is 4.94. The van der Waals surface area contributed by atoms with Gasteiger partial charge in [-0.1, -0.05) is 35.9 Å². The fourth-order valence-corrected chi connectivity index (χ4v) is 1.04. The zero-order chi connectivity index (χ0) is 8.65. The van der Waals surface area contributed by atoms with E-state index in [2.05, 4.69) is 19.1 Å². The highest BCUT2D eigenvalue weighted by molar-refractivity contribution is 5.85. The van der Waals surface area contributed by atoms with Crippen molar-refractivity contribution in [3.8, 4) is 0 Å². The van der Waals surface area contributed by atoms with Crippen LogP contribution < -0.4 is 0 Å². The van der Waals surface area contributed by atoms with E-state index in [4.69, 9.17) is 4.74 Å². The molecule has 1 nitrogen and oxygen atoms in total. The molecule has 1 aliphatic rings. The molecule has 1 aliphatic heterocycles. The second kappa shape index (κ2) is 8.09. The number of ether oxygens (including phenoxy) is 1. The lowest BCUT2D eigenvalue weighted by Gasteiger charge is -1.82. The Morgan fingerprint density at radius 1 is 1.00 bits per heavy atom. The van der Waals surface area contributed by atoms with Gasteiger partial charge < -0.3 is 4.74 Å². The first-order chi connectivity index (χ1) is 5.89. The molecule has 74 valence electrons. The molecule has 1 fully saturated rings. The van der Waals surface area contributed by atoms with Crippen LogP contribution in [0.25, 0.3) is 0 Å². The van der Waals surface area contributed by atoms with Crippen molar-refractivity contribution >= 4 is 12.4 Å². The minimum absolute atomic E-state index is 0. The Labute approximate surface area is 86.5 Å². The van der Waals surface area contributed by atoms with Gasteiger partial charge in [0, 0.05) is 13.2 Å². The molecule has 0 aliphatic carbocycles. The third-order valence-corrected chi connectivity index (χ3v) is 1.77.